The minimum atomic E-state index is -0.893. The Balaban J connectivity index is 1.76. The van der Waals surface area contributed by atoms with Crippen LogP contribution in [0.2, 0.25) is 0 Å². The zero-order chi connectivity index (χ0) is 13.0. The Kier molecular flexibility index (Phi) is 4.58. The third-order valence-electron chi connectivity index (χ3n) is 3.98. The second-order valence-corrected chi connectivity index (χ2v) is 5.27. The summed E-state index contributed by atoms with van der Waals surface area (Å²) in [7, 11) is 0. The van der Waals surface area contributed by atoms with Crippen molar-refractivity contribution in [3.63, 3.8) is 0 Å². The number of piperidine rings is 1. The third-order valence-corrected chi connectivity index (χ3v) is 3.98. The van der Waals surface area contributed by atoms with Crippen molar-refractivity contribution in [2.45, 2.75) is 44.6 Å². The molecule has 5 nitrogen and oxygen atoms in total. The molecule has 5 heteroatoms. The number of amides is 1. The van der Waals surface area contributed by atoms with E-state index in [-0.39, 0.29) is 18.7 Å². The summed E-state index contributed by atoms with van der Waals surface area (Å²) in [5.41, 5.74) is 0. The molecule has 0 spiro atoms. The molecule has 2 fully saturated rings. The molecule has 0 aromatic heterocycles. The normalized spacial score (nSPS) is 25.3. The van der Waals surface area contributed by atoms with Gasteiger partial charge in [0.25, 0.3) is 0 Å². The van der Waals surface area contributed by atoms with Crippen LogP contribution >= 0.6 is 0 Å². The van der Waals surface area contributed by atoms with Crippen LogP contribution in [0.5, 0.6) is 0 Å². The molecule has 0 radical (unpaired) electrons. The molecular weight excluding hydrogens is 232 g/mol. The topological polar surface area (TPSA) is 60.9 Å². The maximum Gasteiger partial charge on any atom is 0.303 e. The van der Waals surface area contributed by atoms with Crippen LogP contribution in [0.25, 0.3) is 0 Å². The van der Waals surface area contributed by atoms with E-state index in [9.17, 15) is 9.59 Å². The Morgan fingerprint density at radius 1 is 1.06 bits per heavy atom. The molecule has 102 valence electrons. The summed E-state index contributed by atoms with van der Waals surface area (Å²) >= 11 is 0. The monoisotopic (exact) mass is 254 g/mol. The number of likely N-dealkylation sites (tertiary alicyclic amines) is 2. The van der Waals surface area contributed by atoms with E-state index in [1.54, 1.807) is 0 Å². The SMILES string of the molecule is O=C(O)CCC(=O)N1CCC(N2CCCCC2)C1. The summed E-state index contributed by atoms with van der Waals surface area (Å²) in [4.78, 5) is 26.6. The van der Waals surface area contributed by atoms with Crippen molar-refractivity contribution >= 4 is 11.9 Å². The number of carboxylic acids is 1. The van der Waals surface area contributed by atoms with Gasteiger partial charge >= 0.3 is 5.97 Å². The van der Waals surface area contributed by atoms with E-state index in [1.807, 2.05) is 4.90 Å². The van der Waals surface area contributed by atoms with Crippen molar-refractivity contribution < 1.29 is 14.7 Å². The average molecular weight is 254 g/mol. The highest BCUT2D eigenvalue weighted by Gasteiger charge is 2.30. The number of rotatable bonds is 4. The Hall–Kier alpha value is -1.10. The van der Waals surface area contributed by atoms with E-state index in [2.05, 4.69) is 4.90 Å². The predicted octanol–water partition coefficient (Wildman–Crippen LogP) is 0.938. The summed E-state index contributed by atoms with van der Waals surface area (Å²) in [6.07, 6.45) is 4.99. The Bertz CT molecular complexity index is 313. The zero-order valence-corrected chi connectivity index (χ0v) is 10.8. The van der Waals surface area contributed by atoms with Crippen LogP contribution in [-0.4, -0.2) is 59.0 Å². The maximum absolute atomic E-state index is 11.8. The first-order valence-corrected chi connectivity index (χ1v) is 6.90. The van der Waals surface area contributed by atoms with Crippen molar-refractivity contribution in [1.82, 2.24) is 9.80 Å². The number of hydrogen-bond acceptors (Lipinski definition) is 3. The largest absolute Gasteiger partial charge is 0.481 e. The third kappa shape index (κ3) is 3.45. The average Bonchev–Trinajstić information content (AvgIpc) is 2.86. The first-order chi connectivity index (χ1) is 8.66. The lowest BCUT2D eigenvalue weighted by molar-refractivity contribution is -0.140. The van der Waals surface area contributed by atoms with Crippen molar-refractivity contribution in [2.24, 2.45) is 0 Å². The van der Waals surface area contributed by atoms with Crippen LogP contribution in [0.1, 0.15) is 38.5 Å². The van der Waals surface area contributed by atoms with Gasteiger partial charge in [0, 0.05) is 25.6 Å². The molecule has 0 bridgehead atoms. The van der Waals surface area contributed by atoms with Crippen LogP contribution in [0.15, 0.2) is 0 Å². The van der Waals surface area contributed by atoms with Gasteiger partial charge in [0.15, 0.2) is 0 Å². The molecule has 2 rings (SSSR count). The summed E-state index contributed by atoms with van der Waals surface area (Å²) < 4.78 is 0. The standard InChI is InChI=1S/C13H22N2O3/c16-12(4-5-13(17)18)15-9-6-11(10-15)14-7-2-1-3-8-14/h11H,1-10H2,(H,17,18). The minimum absolute atomic E-state index is 0.00286. The lowest BCUT2D eigenvalue weighted by Crippen LogP contribution is -2.41. The van der Waals surface area contributed by atoms with E-state index in [0.717, 1.165) is 32.6 Å². The Morgan fingerprint density at radius 2 is 1.78 bits per heavy atom. The van der Waals surface area contributed by atoms with Gasteiger partial charge in [-0.2, -0.15) is 0 Å². The molecule has 2 heterocycles. The number of hydrogen-bond donors (Lipinski definition) is 1. The molecule has 1 unspecified atom stereocenters. The van der Waals surface area contributed by atoms with Gasteiger partial charge in [0.05, 0.1) is 6.42 Å². The first-order valence-electron chi connectivity index (χ1n) is 6.90. The molecule has 1 N–H and O–H groups in total. The predicted molar refractivity (Wildman–Crippen MR) is 67.3 cm³/mol. The van der Waals surface area contributed by atoms with E-state index in [4.69, 9.17) is 5.11 Å². The van der Waals surface area contributed by atoms with E-state index < -0.39 is 5.97 Å². The van der Waals surface area contributed by atoms with Crippen molar-refractivity contribution in [3.8, 4) is 0 Å². The van der Waals surface area contributed by atoms with Gasteiger partial charge in [-0.15, -0.1) is 0 Å². The molecule has 0 aromatic carbocycles. The van der Waals surface area contributed by atoms with Gasteiger partial charge in [-0.1, -0.05) is 6.42 Å². The summed E-state index contributed by atoms with van der Waals surface area (Å²) in [5.74, 6) is -0.896. The molecule has 0 aliphatic carbocycles. The van der Waals surface area contributed by atoms with Crippen LogP contribution in [0.3, 0.4) is 0 Å². The fourth-order valence-corrected chi connectivity index (χ4v) is 2.92. The van der Waals surface area contributed by atoms with Gasteiger partial charge < -0.3 is 10.0 Å². The van der Waals surface area contributed by atoms with Crippen LogP contribution in [0.4, 0.5) is 0 Å². The lowest BCUT2D eigenvalue weighted by atomic mass is 10.1. The number of carbonyl (C=O) groups is 2. The molecule has 2 saturated heterocycles. The van der Waals surface area contributed by atoms with Crippen LogP contribution in [-0.2, 0) is 9.59 Å². The van der Waals surface area contributed by atoms with E-state index in [1.165, 1.54) is 19.3 Å². The van der Waals surface area contributed by atoms with Gasteiger partial charge in [-0.3, -0.25) is 14.5 Å². The number of carbonyl (C=O) groups excluding carboxylic acids is 1. The summed E-state index contributed by atoms with van der Waals surface area (Å²) in [5, 5.41) is 8.58. The smallest absolute Gasteiger partial charge is 0.303 e. The highest BCUT2D eigenvalue weighted by Crippen LogP contribution is 2.20. The second kappa shape index (κ2) is 6.18. The molecule has 1 atom stereocenters. The lowest BCUT2D eigenvalue weighted by Gasteiger charge is -2.32. The van der Waals surface area contributed by atoms with Crippen molar-refractivity contribution in [2.75, 3.05) is 26.2 Å². The molecule has 0 saturated carbocycles. The van der Waals surface area contributed by atoms with Gasteiger partial charge in [0.1, 0.15) is 0 Å². The summed E-state index contributed by atoms with van der Waals surface area (Å²) in [6.45, 7) is 3.89. The van der Waals surface area contributed by atoms with Gasteiger partial charge in [-0.05, 0) is 32.4 Å². The highest BCUT2D eigenvalue weighted by molar-refractivity contribution is 5.80. The Morgan fingerprint density at radius 3 is 2.44 bits per heavy atom. The summed E-state index contributed by atoms with van der Waals surface area (Å²) in [6, 6.07) is 0.499. The van der Waals surface area contributed by atoms with E-state index in [0.29, 0.717) is 6.04 Å². The molecular formula is C13H22N2O3. The molecule has 2 aliphatic rings. The molecule has 2 aliphatic heterocycles. The maximum atomic E-state index is 11.8. The second-order valence-electron chi connectivity index (χ2n) is 5.27. The number of aliphatic carboxylic acids is 1. The fourth-order valence-electron chi connectivity index (χ4n) is 2.92. The van der Waals surface area contributed by atoms with Crippen molar-refractivity contribution in [3.05, 3.63) is 0 Å². The van der Waals surface area contributed by atoms with Gasteiger partial charge in [0.2, 0.25) is 5.91 Å². The van der Waals surface area contributed by atoms with Crippen LogP contribution < -0.4 is 0 Å². The molecule has 18 heavy (non-hydrogen) atoms. The highest BCUT2D eigenvalue weighted by atomic mass is 16.4. The van der Waals surface area contributed by atoms with Crippen molar-refractivity contribution in [1.29, 1.82) is 0 Å². The minimum Gasteiger partial charge on any atom is -0.481 e. The molecule has 1 amide bonds. The molecule has 0 aromatic rings. The number of nitrogens with zero attached hydrogens (tertiary/aromatic N) is 2. The van der Waals surface area contributed by atoms with Crippen LogP contribution in [0, 0.1) is 0 Å². The Labute approximate surface area is 108 Å². The quantitative estimate of drug-likeness (QED) is 0.811. The zero-order valence-electron chi connectivity index (χ0n) is 10.8. The van der Waals surface area contributed by atoms with Gasteiger partial charge in [-0.25, -0.2) is 0 Å². The first kappa shape index (κ1) is 13.3. The van der Waals surface area contributed by atoms with E-state index >= 15 is 0 Å². The fraction of sp³-hybridized carbons (Fsp3) is 0.846. The number of carboxylic acid groups (broad SMARTS) is 1.